The van der Waals surface area contributed by atoms with Crippen LogP contribution in [0.2, 0.25) is 5.02 Å². The minimum atomic E-state index is -0.421. The average molecular weight is 449 g/mol. The number of hydrogen-bond donors (Lipinski definition) is 3. The van der Waals surface area contributed by atoms with Gasteiger partial charge in [0.25, 0.3) is 17.4 Å². The lowest BCUT2D eigenvalue weighted by Gasteiger charge is -2.10. The van der Waals surface area contributed by atoms with Gasteiger partial charge >= 0.3 is 0 Å². The molecule has 0 saturated carbocycles. The zero-order valence-electron chi connectivity index (χ0n) is 16.8. The molecule has 0 unspecified atom stereocenters. The number of aromatic amines is 1. The van der Waals surface area contributed by atoms with E-state index in [1.807, 2.05) is 6.07 Å². The molecule has 0 spiro atoms. The van der Waals surface area contributed by atoms with E-state index in [0.29, 0.717) is 28.5 Å². The van der Waals surface area contributed by atoms with Gasteiger partial charge in [-0.15, -0.1) is 0 Å². The maximum Gasteiger partial charge on any atom is 0.264 e. The second-order valence-corrected chi connectivity index (χ2v) is 7.21. The van der Waals surface area contributed by atoms with Crippen LogP contribution in [0.25, 0.3) is 5.82 Å². The van der Waals surface area contributed by atoms with Crippen molar-refractivity contribution >= 4 is 34.8 Å². The summed E-state index contributed by atoms with van der Waals surface area (Å²) in [5.41, 5.74) is 1.74. The van der Waals surface area contributed by atoms with Crippen molar-refractivity contribution in [2.45, 2.75) is 6.92 Å². The van der Waals surface area contributed by atoms with Crippen LogP contribution >= 0.6 is 11.6 Å². The standard InChI is InChI=1S/C22H17ClN6O3/c1-13-17(12-24-29(13)19-9-10-20(30)28-27-19)22(32)26-15-7-8-18(23)16(11-15)21(31)25-14-5-3-2-4-6-14/h2-12H,1H3,(H,25,31)(H,26,32)(H,28,30). The molecule has 0 radical (unpaired) electrons. The molecule has 2 aromatic heterocycles. The number of para-hydroxylation sites is 1. The molecule has 0 aliphatic heterocycles. The predicted octanol–water partition coefficient (Wildman–Crippen LogP) is 3.42. The number of amides is 2. The summed E-state index contributed by atoms with van der Waals surface area (Å²) in [5.74, 6) is -0.451. The molecule has 10 heteroatoms. The second-order valence-electron chi connectivity index (χ2n) is 6.80. The van der Waals surface area contributed by atoms with Gasteiger partial charge in [0.05, 0.1) is 28.0 Å². The van der Waals surface area contributed by atoms with Crippen molar-refractivity contribution in [1.82, 2.24) is 20.0 Å². The van der Waals surface area contributed by atoms with Gasteiger partial charge in [0, 0.05) is 17.4 Å². The predicted molar refractivity (Wildman–Crippen MR) is 121 cm³/mol. The highest BCUT2D eigenvalue weighted by Gasteiger charge is 2.18. The second kappa shape index (κ2) is 8.86. The Bertz CT molecular complexity index is 1340. The van der Waals surface area contributed by atoms with Gasteiger partial charge in [0.15, 0.2) is 5.82 Å². The first-order chi connectivity index (χ1) is 15.4. The normalized spacial score (nSPS) is 10.6. The summed E-state index contributed by atoms with van der Waals surface area (Å²) in [6, 6.07) is 16.4. The summed E-state index contributed by atoms with van der Waals surface area (Å²) in [6.45, 7) is 1.70. The molecular formula is C22H17ClN6O3. The summed E-state index contributed by atoms with van der Waals surface area (Å²) >= 11 is 6.20. The fourth-order valence-electron chi connectivity index (χ4n) is 3.01. The number of H-pyrrole nitrogens is 1. The lowest BCUT2D eigenvalue weighted by molar-refractivity contribution is 0.101. The van der Waals surface area contributed by atoms with Crippen molar-refractivity contribution in [3.8, 4) is 5.82 Å². The summed E-state index contributed by atoms with van der Waals surface area (Å²) < 4.78 is 1.44. The Morgan fingerprint density at radius 3 is 2.38 bits per heavy atom. The Hall–Kier alpha value is -4.24. The topological polar surface area (TPSA) is 122 Å². The van der Waals surface area contributed by atoms with Crippen molar-refractivity contribution in [2.75, 3.05) is 10.6 Å². The Labute approximate surface area is 187 Å². The Kier molecular flexibility index (Phi) is 5.82. The van der Waals surface area contributed by atoms with Crippen LogP contribution in [0, 0.1) is 6.92 Å². The number of anilines is 2. The van der Waals surface area contributed by atoms with Crippen LogP contribution in [0.3, 0.4) is 0 Å². The minimum Gasteiger partial charge on any atom is -0.322 e. The lowest BCUT2D eigenvalue weighted by atomic mass is 10.1. The van der Waals surface area contributed by atoms with E-state index in [4.69, 9.17) is 11.6 Å². The molecule has 2 heterocycles. The summed E-state index contributed by atoms with van der Waals surface area (Å²) in [7, 11) is 0. The molecule has 4 rings (SSSR count). The van der Waals surface area contributed by atoms with Crippen molar-refractivity contribution in [2.24, 2.45) is 0 Å². The molecule has 32 heavy (non-hydrogen) atoms. The van der Waals surface area contributed by atoms with E-state index in [-0.39, 0.29) is 16.1 Å². The van der Waals surface area contributed by atoms with Gasteiger partial charge in [-0.3, -0.25) is 14.4 Å². The van der Waals surface area contributed by atoms with Gasteiger partial charge in [0.1, 0.15) is 0 Å². The van der Waals surface area contributed by atoms with Crippen molar-refractivity contribution in [3.05, 3.63) is 99.1 Å². The van der Waals surface area contributed by atoms with E-state index in [1.54, 1.807) is 37.3 Å². The van der Waals surface area contributed by atoms with Gasteiger partial charge in [-0.1, -0.05) is 29.8 Å². The number of hydrogen-bond acceptors (Lipinski definition) is 5. The SMILES string of the molecule is Cc1c(C(=O)Nc2ccc(Cl)c(C(=O)Nc3ccccc3)c2)cnn1-c1ccc(=O)[nH]n1. The molecule has 0 fully saturated rings. The smallest absolute Gasteiger partial charge is 0.264 e. The van der Waals surface area contributed by atoms with Crippen molar-refractivity contribution in [3.63, 3.8) is 0 Å². The van der Waals surface area contributed by atoms with Gasteiger partial charge in [0.2, 0.25) is 0 Å². The zero-order chi connectivity index (χ0) is 22.7. The van der Waals surface area contributed by atoms with E-state index in [1.165, 1.54) is 35.1 Å². The highest BCUT2D eigenvalue weighted by molar-refractivity contribution is 6.34. The van der Waals surface area contributed by atoms with E-state index >= 15 is 0 Å². The largest absolute Gasteiger partial charge is 0.322 e. The number of nitrogens with zero attached hydrogens (tertiary/aromatic N) is 3. The van der Waals surface area contributed by atoms with E-state index in [0.717, 1.165) is 0 Å². The number of aromatic nitrogens is 4. The quantitative estimate of drug-likeness (QED) is 0.432. The molecule has 9 nitrogen and oxygen atoms in total. The Balaban J connectivity index is 1.54. The van der Waals surface area contributed by atoms with Crippen LogP contribution in [0.15, 0.2) is 71.7 Å². The average Bonchev–Trinajstić information content (AvgIpc) is 3.17. The van der Waals surface area contributed by atoms with Crippen LogP contribution in [0.4, 0.5) is 11.4 Å². The summed E-state index contributed by atoms with van der Waals surface area (Å²) in [5, 5.41) is 16.2. The third-order valence-electron chi connectivity index (χ3n) is 4.64. The third kappa shape index (κ3) is 4.42. The first-order valence-electron chi connectivity index (χ1n) is 9.50. The monoisotopic (exact) mass is 448 g/mol. The molecule has 4 aromatic rings. The maximum absolute atomic E-state index is 12.8. The molecule has 0 atom stereocenters. The lowest BCUT2D eigenvalue weighted by Crippen LogP contribution is -2.16. The maximum atomic E-state index is 12.8. The van der Waals surface area contributed by atoms with E-state index in [2.05, 4.69) is 25.9 Å². The van der Waals surface area contributed by atoms with Gasteiger partial charge in [-0.05, 0) is 43.3 Å². The number of nitrogens with one attached hydrogen (secondary N) is 3. The first kappa shape index (κ1) is 21.0. The van der Waals surface area contributed by atoms with Gasteiger partial charge in [-0.2, -0.15) is 10.2 Å². The molecule has 2 aromatic carbocycles. The highest BCUT2D eigenvalue weighted by atomic mass is 35.5. The Morgan fingerprint density at radius 1 is 0.938 bits per heavy atom. The Morgan fingerprint density at radius 2 is 1.66 bits per heavy atom. The summed E-state index contributed by atoms with van der Waals surface area (Å²) in [6.07, 6.45) is 1.40. The molecule has 0 aliphatic carbocycles. The summed E-state index contributed by atoms with van der Waals surface area (Å²) in [4.78, 5) is 36.6. The van der Waals surface area contributed by atoms with Crippen LogP contribution in [-0.4, -0.2) is 31.8 Å². The number of halogens is 1. The molecular weight excluding hydrogens is 432 g/mol. The van der Waals surface area contributed by atoms with Gasteiger partial charge < -0.3 is 10.6 Å². The molecule has 0 bridgehead atoms. The highest BCUT2D eigenvalue weighted by Crippen LogP contribution is 2.23. The van der Waals surface area contributed by atoms with Crippen LogP contribution in [0.1, 0.15) is 26.4 Å². The fourth-order valence-corrected chi connectivity index (χ4v) is 3.22. The third-order valence-corrected chi connectivity index (χ3v) is 4.97. The van der Waals surface area contributed by atoms with Crippen LogP contribution in [-0.2, 0) is 0 Å². The van der Waals surface area contributed by atoms with E-state index in [9.17, 15) is 14.4 Å². The van der Waals surface area contributed by atoms with Crippen LogP contribution < -0.4 is 16.2 Å². The molecule has 160 valence electrons. The number of carbonyl (C=O) groups excluding carboxylic acids is 2. The number of benzene rings is 2. The van der Waals surface area contributed by atoms with Gasteiger partial charge in [-0.25, -0.2) is 9.78 Å². The zero-order valence-corrected chi connectivity index (χ0v) is 17.6. The number of rotatable bonds is 5. The van der Waals surface area contributed by atoms with Crippen molar-refractivity contribution in [1.29, 1.82) is 0 Å². The minimum absolute atomic E-state index is 0.221. The fraction of sp³-hybridized carbons (Fsp3) is 0.0455. The first-order valence-corrected chi connectivity index (χ1v) is 9.88. The molecule has 0 saturated heterocycles. The molecule has 0 aliphatic rings. The van der Waals surface area contributed by atoms with Crippen LogP contribution in [0.5, 0.6) is 0 Å². The molecule has 3 N–H and O–H groups in total. The molecule has 2 amide bonds. The number of carbonyl (C=O) groups is 2. The van der Waals surface area contributed by atoms with E-state index < -0.39 is 11.8 Å². The van der Waals surface area contributed by atoms with Crippen molar-refractivity contribution < 1.29 is 9.59 Å².